The number of hydrogen-bond acceptors (Lipinski definition) is 3. The van der Waals surface area contributed by atoms with Crippen LogP contribution < -0.4 is 5.73 Å². The van der Waals surface area contributed by atoms with Crippen LogP contribution in [0.5, 0.6) is 0 Å². The lowest BCUT2D eigenvalue weighted by Gasteiger charge is -2.02. The molecule has 2 N–H and O–H groups in total. The molecular weight excluding hydrogens is 138 g/mol. The zero-order valence-electron chi connectivity index (χ0n) is 6.96. The first-order chi connectivity index (χ1) is 5.27. The van der Waals surface area contributed by atoms with Crippen LogP contribution in [0.3, 0.4) is 0 Å². The van der Waals surface area contributed by atoms with Gasteiger partial charge in [-0.05, 0) is 13.3 Å². The van der Waals surface area contributed by atoms with Crippen molar-refractivity contribution in [2.45, 2.75) is 26.8 Å². The number of rotatable bonds is 2. The van der Waals surface area contributed by atoms with Crippen LogP contribution >= 0.6 is 0 Å². The number of nitrogens with zero attached hydrogens (tertiary/aromatic N) is 2. The van der Waals surface area contributed by atoms with Crippen molar-refractivity contribution in [1.29, 1.82) is 0 Å². The highest BCUT2D eigenvalue weighted by molar-refractivity contribution is 5.12. The van der Waals surface area contributed by atoms with Crippen molar-refractivity contribution in [2.24, 2.45) is 5.73 Å². The Morgan fingerprint density at radius 2 is 2.27 bits per heavy atom. The maximum atomic E-state index is 5.42. The molecule has 0 aliphatic heterocycles. The van der Waals surface area contributed by atoms with E-state index in [1.54, 1.807) is 6.20 Å². The fourth-order valence-electron chi connectivity index (χ4n) is 0.962. The molecular formula is C8H13N3. The lowest BCUT2D eigenvalue weighted by atomic mass is 10.2. The van der Waals surface area contributed by atoms with Crippen molar-refractivity contribution in [1.82, 2.24) is 9.97 Å². The van der Waals surface area contributed by atoms with Gasteiger partial charge in [0.1, 0.15) is 0 Å². The minimum absolute atomic E-state index is 0.473. The fourth-order valence-corrected chi connectivity index (χ4v) is 0.962. The Labute approximate surface area is 66.7 Å². The standard InChI is InChI=1S/C8H13N3/c1-3-8-6(2)10-5-7(4-9)11-8/h5H,3-4,9H2,1-2H3. The van der Waals surface area contributed by atoms with Crippen LogP contribution in [0.2, 0.25) is 0 Å². The third kappa shape index (κ3) is 1.74. The third-order valence-corrected chi connectivity index (χ3v) is 1.65. The van der Waals surface area contributed by atoms with Gasteiger partial charge >= 0.3 is 0 Å². The van der Waals surface area contributed by atoms with Gasteiger partial charge in [-0.15, -0.1) is 0 Å². The van der Waals surface area contributed by atoms with Gasteiger partial charge in [0, 0.05) is 6.54 Å². The smallest absolute Gasteiger partial charge is 0.0725 e. The number of aromatic nitrogens is 2. The summed E-state index contributed by atoms with van der Waals surface area (Å²) >= 11 is 0. The van der Waals surface area contributed by atoms with E-state index in [9.17, 15) is 0 Å². The minimum atomic E-state index is 0.473. The zero-order chi connectivity index (χ0) is 8.27. The molecule has 0 radical (unpaired) electrons. The second kappa shape index (κ2) is 3.44. The molecule has 0 unspecified atom stereocenters. The highest BCUT2D eigenvalue weighted by Gasteiger charge is 1.99. The van der Waals surface area contributed by atoms with E-state index in [0.29, 0.717) is 6.54 Å². The molecule has 0 saturated heterocycles. The maximum absolute atomic E-state index is 5.42. The van der Waals surface area contributed by atoms with Crippen molar-refractivity contribution in [3.63, 3.8) is 0 Å². The molecule has 0 aliphatic carbocycles. The van der Waals surface area contributed by atoms with Gasteiger partial charge in [-0.25, -0.2) is 0 Å². The van der Waals surface area contributed by atoms with Crippen molar-refractivity contribution < 1.29 is 0 Å². The SMILES string of the molecule is CCc1nc(CN)cnc1C. The van der Waals surface area contributed by atoms with Crippen molar-refractivity contribution in [2.75, 3.05) is 0 Å². The second-order valence-electron chi connectivity index (χ2n) is 2.45. The molecule has 1 aromatic heterocycles. The van der Waals surface area contributed by atoms with Crippen LogP contribution in [0.25, 0.3) is 0 Å². The second-order valence-corrected chi connectivity index (χ2v) is 2.45. The van der Waals surface area contributed by atoms with Gasteiger partial charge in [0.15, 0.2) is 0 Å². The molecule has 1 heterocycles. The molecule has 3 heteroatoms. The molecule has 1 rings (SSSR count). The third-order valence-electron chi connectivity index (χ3n) is 1.65. The zero-order valence-corrected chi connectivity index (χ0v) is 6.96. The topological polar surface area (TPSA) is 51.8 Å². The monoisotopic (exact) mass is 151 g/mol. The molecule has 0 atom stereocenters. The molecule has 0 aromatic carbocycles. The van der Waals surface area contributed by atoms with E-state index in [1.165, 1.54) is 0 Å². The molecule has 0 bridgehead atoms. The Morgan fingerprint density at radius 3 is 2.82 bits per heavy atom. The lowest BCUT2D eigenvalue weighted by Crippen LogP contribution is -2.04. The summed E-state index contributed by atoms with van der Waals surface area (Å²) < 4.78 is 0. The Bertz CT molecular complexity index is 245. The summed E-state index contributed by atoms with van der Waals surface area (Å²) in [5.74, 6) is 0. The van der Waals surface area contributed by atoms with E-state index < -0.39 is 0 Å². The van der Waals surface area contributed by atoms with Gasteiger partial charge in [-0.3, -0.25) is 9.97 Å². The predicted molar refractivity (Wildman–Crippen MR) is 44.0 cm³/mol. The molecule has 0 aliphatic rings. The van der Waals surface area contributed by atoms with Crippen LogP contribution in [-0.4, -0.2) is 9.97 Å². The first kappa shape index (κ1) is 8.14. The lowest BCUT2D eigenvalue weighted by molar-refractivity contribution is 0.880. The summed E-state index contributed by atoms with van der Waals surface area (Å²) in [5.41, 5.74) is 8.34. The van der Waals surface area contributed by atoms with Crippen LogP contribution in [0, 0.1) is 6.92 Å². The summed E-state index contributed by atoms with van der Waals surface area (Å²) in [4.78, 5) is 8.50. The van der Waals surface area contributed by atoms with E-state index >= 15 is 0 Å². The molecule has 3 nitrogen and oxygen atoms in total. The molecule has 0 saturated carbocycles. The Kier molecular flexibility index (Phi) is 2.54. The summed E-state index contributed by atoms with van der Waals surface area (Å²) in [6.07, 6.45) is 2.65. The fraction of sp³-hybridized carbons (Fsp3) is 0.500. The normalized spacial score (nSPS) is 10.1. The number of hydrogen-bond donors (Lipinski definition) is 1. The van der Waals surface area contributed by atoms with Gasteiger partial charge in [-0.2, -0.15) is 0 Å². The molecule has 0 fully saturated rings. The Hall–Kier alpha value is -0.960. The van der Waals surface area contributed by atoms with E-state index in [1.807, 2.05) is 6.92 Å². The van der Waals surface area contributed by atoms with Gasteiger partial charge < -0.3 is 5.73 Å². The van der Waals surface area contributed by atoms with Crippen molar-refractivity contribution in [3.05, 3.63) is 23.3 Å². The Balaban J connectivity index is 3.02. The van der Waals surface area contributed by atoms with Crippen LogP contribution in [0.4, 0.5) is 0 Å². The number of aryl methyl sites for hydroxylation is 2. The molecule has 0 spiro atoms. The van der Waals surface area contributed by atoms with Crippen molar-refractivity contribution >= 4 is 0 Å². The van der Waals surface area contributed by atoms with Crippen LogP contribution in [0.15, 0.2) is 6.20 Å². The average molecular weight is 151 g/mol. The quantitative estimate of drug-likeness (QED) is 0.680. The first-order valence-corrected chi connectivity index (χ1v) is 3.79. The summed E-state index contributed by atoms with van der Waals surface area (Å²) in [7, 11) is 0. The molecule has 1 aromatic rings. The summed E-state index contributed by atoms with van der Waals surface area (Å²) in [6, 6.07) is 0. The van der Waals surface area contributed by atoms with Crippen LogP contribution in [-0.2, 0) is 13.0 Å². The Morgan fingerprint density at radius 1 is 1.55 bits per heavy atom. The number of nitrogens with two attached hydrogens (primary N) is 1. The predicted octanol–water partition coefficient (Wildman–Crippen LogP) is 0.806. The van der Waals surface area contributed by atoms with E-state index in [-0.39, 0.29) is 0 Å². The average Bonchev–Trinajstić information content (AvgIpc) is 2.05. The molecule has 11 heavy (non-hydrogen) atoms. The van der Waals surface area contributed by atoms with Gasteiger partial charge in [-0.1, -0.05) is 6.92 Å². The highest BCUT2D eigenvalue weighted by atomic mass is 14.8. The minimum Gasteiger partial charge on any atom is -0.325 e. The largest absolute Gasteiger partial charge is 0.325 e. The molecule has 0 amide bonds. The van der Waals surface area contributed by atoms with E-state index in [2.05, 4.69) is 16.9 Å². The maximum Gasteiger partial charge on any atom is 0.0725 e. The van der Waals surface area contributed by atoms with E-state index in [0.717, 1.165) is 23.5 Å². The summed E-state index contributed by atoms with van der Waals surface area (Å²) in [5, 5.41) is 0. The van der Waals surface area contributed by atoms with Gasteiger partial charge in [0.25, 0.3) is 0 Å². The van der Waals surface area contributed by atoms with Gasteiger partial charge in [0.2, 0.25) is 0 Å². The highest BCUT2D eigenvalue weighted by Crippen LogP contribution is 2.02. The van der Waals surface area contributed by atoms with E-state index in [4.69, 9.17) is 5.73 Å². The van der Waals surface area contributed by atoms with Crippen LogP contribution in [0.1, 0.15) is 24.0 Å². The van der Waals surface area contributed by atoms with Gasteiger partial charge in [0.05, 0.1) is 23.3 Å². The summed E-state index contributed by atoms with van der Waals surface area (Å²) in [6.45, 7) is 4.50. The van der Waals surface area contributed by atoms with Crippen molar-refractivity contribution in [3.8, 4) is 0 Å². The first-order valence-electron chi connectivity index (χ1n) is 3.79. The molecule has 60 valence electrons.